The summed E-state index contributed by atoms with van der Waals surface area (Å²) in [6, 6.07) is 20.4. The summed E-state index contributed by atoms with van der Waals surface area (Å²) < 4.78 is 6.35. The topological polar surface area (TPSA) is 186 Å². The van der Waals surface area contributed by atoms with E-state index in [0.717, 1.165) is 36.6 Å². The number of nitrogens with two attached hydrogens (primary N) is 1. The van der Waals surface area contributed by atoms with Crippen molar-refractivity contribution >= 4 is 40.5 Å². The maximum Gasteiger partial charge on any atom is 0.338 e. The van der Waals surface area contributed by atoms with Gasteiger partial charge in [-0.15, -0.1) is 0 Å². The van der Waals surface area contributed by atoms with Crippen LogP contribution < -0.4 is 21.7 Å². The Balaban J connectivity index is 1.33. The van der Waals surface area contributed by atoms with Crippen molar-refractivity contribution < 1.29 is 28.7 Å². The fourth-order valence-electron chi connectivity index (χ4n) is 8.06. The summed E-state index contributed by atoms with van der Waals surface area (Å²) in [4.78, 5) is 78.7. The molecule has 2 aromatic carbocycles. The van der Waals surface area contributed by atoms with Gasteiger partial charge in [-0.25, -0.2) is 9.78 Å². The van der Waals surface area contributed by atoms with Gasteiger partial charge in [0.2, 0.25) is 17.7 Å². The molecule has 0 radical (unpaired) electrons. The zero-order chi connectivity index (χ0) is 40.5. The number of likely N-dealkylation sites (tertiary alicyclic amines) is 1. The zero-order valence-corrected chi connectivity index (χ0v) is 32.9. The molecule has 2 aliphatic rings. The van der Waals surface area contributed by atoms with E-state index in [9.17, 15) is 24.0 Å². The number of pyridine rings is 2. The van der Waals surface area contributed by atoms with Crippen molar-refractivity contribution in [2.75, 3.05) is 13.1 Å². The lowest BCUT2D eigenvalue weighted by molar-refractivity contribution is -0.133. The quantitative estimate of drug-likeness (QED) is 0.135. The third-order valence-corrected chi connectivity index (χ3v) is 10.8. The maximum atomic E-state index is 14.3. The van der Waals surface area contributed by atoms with Crippen LogP contribution in [0.15, 0.2) is 91.3 Å². The molecule has 13 heteroatoms. The Morgan fingerprint density at radius 2 is 1.58 bits per heavy atom. The zero-order valence-electron chi connectivity index (χ0n) is 32.9. The number of amides is 4. The van der Waals surface area contributed by atoms with Crippen molar-refractivity contribution in [2.24, 2.45) is 17.6 Å². The first-order chi connectivity index (χ1) is 27.3. The average Bonchev–Trinajstić information content (AvgIpc) is 3.19. The second-order valence-corrected chi connectivity index (χ2v) is 16.3. The van der Waals surface area contributed by atoms with Crippen LogP contribution in [0.25, 0.3) is 10.9 Å². The molecule has 1 aliphatic heterocycles. The van der Waals surface area contributed by atoms with Gasteiger partial charge in [0, 0.05) is 36.4 Å². The average molecular weight is 776 g/mol. The molecular weight excluding hydrogens is 723 g/mol. The van der Waals surface area contributed by atoms with E-state index in [1.807, 2.05) is 69.3 Å². The number of aromatic nitrogens is 2. The van der Waals surface area contributed by atoms with Crippen molar-refractivity contribution in [3.05, 3.63) is 108 Å². The molecule has 4 amide bonds. The van der Waals surface area contributed by atoms with Crippen molar-refractivity contribution in [1.82, 2.24) is 30.8 Å². The van der Waals surface area contributed by atoms with Gasteiger partial charge in [-0.2, -0.15) is 0 Å². The third kappa shape index (κ3) is 11.2. The number of carbonyl (C=O) groups excluding carboxylic acids is 5. The Morgan fingerprint density at radius 1 is 0.877 bits per heavy atom. The highest BCUT2D eigenvalue weighted by Gasteiger charge is 2.43. The number of fused-ring (bicyclic) bond motifs is 2. The second kappa shape index (κ2) is 18.5. The Kier molecular flexibility index (Phi) is 13.3. The first-order valence-corrected chi connectivity index (χ1v) is 19.8. The molecule has 1 saturated heterocycles. The Bertz CT molecular complexity index is 2040. The number of carbonyl (C=O) groups is 5. The monoisotopic (exact) mass is 775 g/mol. The number of hydrogen-bond acceptors (Lipinski definition) is 9. The molecule has 57 heavy (non-hydrogen) atoms. The van der Waals surface area contributed by atoms with Crippen molar-refractivity contribution in [3.63, 3.8) is 0 Å². The maximum absolute atomic E-state index is 14.3. The minimum absolute atomic E-state index is 0.0617. The second-order valence-electron chi connectivity index (χ2n) is 16.3. The number of para-hydroxylation sites is 1. The highest BCUT2D eigenvalue weighted by Crippen LogP contribution is 2.39. The van der Waals surface area contributed by atoms with Gasteiger partial charge in [-0.05, 0) is 81.7 Å². The minimum Gasteiger partial charge on any atom is -0.455 e. The largest absolute Gasteiger partial charge is 0.455 e. The molecule has 2 aromatic heterocycles. The normalized spacial score (nSPS) is 19.9. The number of nitrogens with one attached hydrogen (secondary N) is 3. The van der Waals surface area contributed by atoms with Crippen LogP contribution in [0.2, 0.25) is 0 Å². The van der Waals surface area contributed by atoms with E-state index in [0.29, 0.717) is 30.3 Å². The van der Waals surface area contributed by atoms with Crippen molar-refractivity contribution in [3.8, 4) is 0 Å². The van der Waals surface area contributed by atoms with Gasteiger partial charge in [0.05, 0.1) is 29.6 Å². The van der Waals surface area contributed by atoms with Gasteiger partial charge in [0.1, 0.15) is 17.8 Å². The Morgan fingerprint density at radius 3 is 2.30 bits per heavy atom. The molecule has 0 unspecified atom stereocenters. The fraction of sp³-hybridized carbons (Fsp3) is 0.432. The predicted octanol–water partition coefficient (Wildman–Crippen LogP) is 4.35. The molecule has 2 fully saturated rings. The third-order valence-electron chi connectivity index (χ3n) is 10.8. The van der Waals surface area contributed by atoms with E-state index in [4.69, 9.17) is 10.5 Å². The van der Waals surface area contributed by atoms with E-state index >= 15 is 0 Å². The van der Waals surface area contributed by atoms with Crippen molar-refractivity contribution in [1.29, 1.82) is 0 Å². The fourth-order valence-corrected chi connectivity index (χ4v) is 8.06. The molecule has 1 saturated carbocycles. The summed E-state index contributed by atoms with van der Waals surface area (Å²) in [6.07, 6.45) is 6.77. The lowest BCUT2D eigenvalue weighted by Crippen LogP contribution is -2.61. The first-order valence-electron chi connectivity index (χ1n) is 19.8. The van der Waals surface area contributed by atoms with Gasteiger partial charge >= 0.3 is 5.97 Å². The van der Waals surface area contributed by atoms with Gasteiger partial charge in [-0.3, -0.25) is 29.1 Å². The SMILES string of the molecule is CC(C)(C)NC(=O)[C@@H]1C[C@@H]2CCCC[C@@H]2CN1C[C@@H](OC(=O)c1ccncc1)[C@H](Cc1ccccc1)NC(=O)[C@H](CC(N)=O)NC(=O)c1ccc2ccccc2n1. The number of benzene rings is 2. The van der Waals surface area contributed by atoms with Crippen LogP contribution in [-0.4, -0.2) is 87.3 Å². The van der Waals surface area contributed by atoms with Crippen LogP contribution in [0.5, 0.6) is 0 Å². The van der Waals surface area contributed by atoms with Crippen LogP contribution >= 0.6 is 0 Å². The number of hydrogen-bond donors (Lipinski definition) is 4. The van der Waals surface area contributed by atoms with E-state index in [2.05, 4.69) is 30.8 Å². The summed E-state index contributed by atoms with van der Waals surface area (Å²) >= 11 is 0. The van der Waals surface area contributed by atoms with E-state index in [1.54, 1.807) is 30.3 Å². The van der Waals surface area contributed by atoms with Crippen LogP contribution in [0.1, 0.15) is 85.7 Å². The molecule has 300 valence electrons. The minimum atomic E-state index is -1.37. The molecule has 3 heterocycles. The number of esters is 1. The molecule has 6 atom stereocenters. The van der Waals surface area contributed by atoms with Gasteiger partial charge < -0.3 is 26.4 Å². The Labute approximate surface area is 333 Å². The van der Waals surface area contributed by atoms with Gasteiger partial charge in [0.15, 0.2) is 0 Å². The van der Waals surface area contributed by atoms with E-state index < -0.39 is 59.9 Å². The van der Waals surface area contributed by atoms with E-state index in [-0.39, 0.29) is 30.1 Å². The molecule has 0 bridgehead atoms. The molecule has 4 aromatic rings. The number of rotatable bonds is 14. The number of ether oxygens (including phenoxy) is 1. The number of nitrogens with zero attached hydrogens (tertiary/aromatic N) is 3. The van der Waals surface area contributed by atoms with Gasteiger partial charge in [0.25, 0.3) is 5.91 Å². The van der Waals surface area contributed by atoms with Gasteiger partial charge in [-0.1, -0.05) is 73.9 Å². The lowest BCUT2D eigenvalue weighted by atomic mass is 9.72. The van der Waals surface area contributed by atoms with Crippen LogP contribution in [0.3, 0.4) is 0 Å². The number of piperidine rings is 1. The lowest BCUT2D eigenvalue weighted by Gasteiger charge is -2.47. The summed E-state index contributed by atoms with van der Waals surface area (Å²) in [6.45, 7) is 6.60. The predicted molar refractivity (Wildman–Crippen MR) is 216 cm³/mol. The molecule has 6 rings (SSSR count). The van der Waals surface area contributed by atoms with Crippen LogP contribution in [0.4, 0.5) is 0 Å². The molecule has 0 spiro atoms. The molecular formula is C44H53N7O6. The molecule has 13 nitrogen and oxygen atoms in total. The molecule has 5 N–H and O–H groups in total. The van der Waals surface area contributed by atoms with E-state index in [1.165, 1.54) is 12.4 Å². The standard InChI is InChI=1S/C44H53N7O6/c1-44(2,3)50-42(55)37-24-31-14-7-8-15-32(31)26-51(37)27-38(57-43(56)30-19-21-46-22-20-30)35(23-28-11-5-4-6-12-28)48-41(54)36(25-39(45)52)49-40(53)34-18-17-29-13-9-10-16-33(29)47-34/h4-6,9-13,16-22,31-32,35-38H,7-8,14-15,23-27H2,1-3H3,(H2,45,52)(H,48,54)(H,49,53)(H,50,55)/t31-,32+,35-,36-,37-,38+/m0/s1. The summed E-state index contributed by atoms with van der Waals surface area (Å²) in [5.74, 6) is -2.10. The van der Waals surface area contributed by atoms with Crippen LogP contribution in [-0.2, 0) is 25.5 Å². The smallest absolute Gasteiger partial charge is 0.338 e. The number of primary amides is 1. The highest BCUT2D eigenvalue weighted by molar-refractivity contribution is 5.99. The highest BCUT2D eigenvalue weighted by atomic mass is 16.5. The Hall–Kier alpha value is -5.69. The van der Waals surface area contributed by atoms with Crippen molar-refractivity contribution in [2.45, 2.75) is 95.5 Å². The summed E-state index contributed by atoms with van der Waals surface area (Å²) in [7, 11) is 0. The summed E-state index contributed by atoms with van der Waals surface area (Å²) in [5, 5.41) is 9.72. The first kappa shape index (κ1) is 41.0. The summed E-state index contributed by atoms with van der Waals surface area (Å²) in [5.41, 5.74) is 6.93. The van der Waals surface area contributed by atoms with Crippen LogP contribution in [0, 0.1) is 11.8 Å². The molecule has 1 aliphatic carbocycles.